The highest BCUT2D eigenvalue weighted by Gasteiger charge is 2.43. The van der Waals surface area contributed by atoms with Gasteiger partial charge in [0.15, 0.2) is 0 Å². The number of nitrogens with zero attached hydrogens (tertiary/aromatic N) is 3. The molecule has 2 aromatic carbocycles. The van der Waals surface area contributed by atoms with Gasteiger partial charge < -0.3 is 14.5 Å². The lowest BCUT2D eigenvalue weighted by atomic mass is 9.97. The van der Waals surface area contributed by atoms with Crippen molar-refractivity contribution in [3.8, 4) is 5.75 Å². The zero-order valence-electron chi connectivity index (χ0n) is 20.1. The molecule has 174 valence electrons. The average Bonchev–Trinajstić information content (AvgIpc) is 3.07. The Kier molecular flexibility index (Phi) is 6.84. The summed E-state index contributed by atoms with van der Waals surface area (Å²) in [6, 6.07) is 13.3. The summed E-state index contributed by atoms with van der Waals surface area (Å²) in [5.41, 5.74) is 4.52. The van der Waals surface area contributed by atoms with Gasteiger partial charge in [0.2, 0.25) is 0 Å². The Morgan fingerprint density at radius 1 is 0.909 bits per heavy atom. The van der Waals surface area contributed by atoms with Gasteiger partial charge in [0.05, 0.1) is 17.9 Å². The first-order chi connectivity index (χ1) is 15.9. The normalized spacial score (nSPS) is 17.3. The van der Waals surface area contributed by atoms with Crippen molar-refractivity contribution in [3.05, 3.63) is 64.9 Å². The summed E-state index contributed by atoms with van der Waals surface area (Å²) in [5, 5.41) is 0. The van der Waals surface area contributed by atoms with Gasteiger partial charge in [0.1, 0.15) is 11.4 Å². The van der Waals surface area contributed by atoms with Crippen LogP contribution in [0, 0.1) is 13.8 Å². The maximum atomic E-state index is 13.8. The summed E-state index contributed by atoms with van der Waals surface area (Å²) in [6.45, 7) is 13.0. The fourth-order valence-electron chi connectivity index (χ4n) is 4.60. The zero-order chi connectivity index (χ0) is 23.5. The first-order valence-electron chi connectivity index (χ1n) is 11.9. The van der Waals surface area contributed by atoms with Gasteiger partial charge >= 0.3 is 0 Å². The number of likely N-dealkylation sites (N-methyl/N-ethyl adjacent to an activating group) is 1. The molecule has 0 radical (unpaired) electrons. The summed E-state index contributed by atoms with van der Waals surface area (Å²) in [4.78, 5) is 33.4. The molecule has 2 amide bonds. The van der Waals surface area contributed by atoms with Crippen molar-refractivity contribution < 1.29 is 14.3 Å². The summed E-state index contributed by atoms with van der Waals surface area (Å²) in [7, 11) is 0. The largest absolute Gasteiger partial charge is 0.494 e. The Morgan fingerprint density at radius 3 is 2.33 bits per heavy atom. The van der Waals surface area contributed by atoms with E-state index >= 15 is 0 Å². The lowest BCUT2D eigenvalue weighted by molar-refractivity contribution is -0.120. The molecule has 2 aliphatic heterocycles. The van der Waals surface area contributed by atoms with Gasteiger partial charge in [0.25, 0.3) is 11.8 Å². The molecule has 0 saturated carbocycles. The number of anilines is 1. The van der Waals surface area contributed by atoms with Gasteiger partial charge in [-0.25, -0.2) is 4.90 Å². The maximum absolute atomic E-state index is 13.8. The second-order valence-electron chi connectivity index (χ2n) is 8.75. The number of imide groups is 1. The molecule has 2 aliphatic rings. The van der Waals surface area contributed by atoms with Gasteiger partial charge in [-0.2, -0.15) is 0 Å². The van der Waals surface area contributed by atoms with Gasteiger partial charge in [-0.15, -0.1) is 0 Å². The van der Waals surface area contributed by atoms with E-state index in [0.29, 0.717) is 29.3 Å². The molecular weight excluding hydrogens is 414 g/mol. The Morgan fingerprint density at radius 2 is 1.67 bits per heavy atom. The van der Waals surface area contributed by atoms with E-state index in [0.717, 1.165) is 55.8 Å². The van der Waals surface area contributed by atoms with Gasteiger partial charge in [0, 0.05) is 32.2 Å². The molecule has 6 nitrogen and oxygen atoms in total. The number of benzene rings is 2. The van der Waals surface area contributed by atoms with Crippen LogP contribution in [0.4, 0.5) is 5.69 Å². The second kappa shape index (κ2) is 9.79. The monoisotopic (exact) mass is 447 g/mol. The number of ether oxygens (including phenoxy) is 1. The third-order valence-electron chi connectivity index (χ3n) is 6.40. The molecule has 0 aromatic heterocycles. The van der Waals surface area contributed by atoms with E-state index < -0.39 is 0 Å². The van der Waals surface area contributed by atoms with Crippen LogP contribution in [0.15, 0.2) is 48.2 Å². The number of piperazine rings is 1. The lowest BCUT2D eigenvalue weighted by Crippen LogP contribution is -2.47. The SMILES string of the molecule is CCCOc1cccc(N2C(=O)C(c3ccc(C)cc3C)=C(N3CCN(CC)CC3)C2=O)c1. The third-order valence-corrected chi connectivity index (χ3v) is 6.40. The fourth-order valence-corrected chi connectivity index (χ4v) is 4.60. The summed E-state index contributed by atoms with van der Waals surface area (Å²) < 4.78 is 5.76. The molecule has 2 heterocycles. The van der Waals surface area contributed by atoms with E-state index in [-0.39, 0.29) is 11.8 Å². The zero-order valence-corrected chi connectivity index (χ0v) is 20.1. The fraction of sp³-hybridized carbons (Fsp3) is 0.407. The van der Waals surface area contributed by atoms with Crippen molar-refractivity contribution in [2.24, 2.45) is 0 Å². The number of carbonyl (C=O) groups excluding carboxylic acids is 2. The van der Waals surface area contributed by atoms with Crippen molar-refractivity contribution in [3.63, 3.8) is 0 Å². The molecule has 6 heteroatoms. The molecule has 4 rings (SSSR count). The van der Waals surface area contributed by atoms with Crippen molar-refractivity contribution in [2.75, 3.05) is 44.2 Å². The quantitative estimate of drug-likeness (QED) is 0.600. The first kappa shape index (κ1) is 23.1. The molecule has 0 atom stereocenters. The minimum absolute atomic E-state index is 0.257. The molecule has 0 aliphatic carbocycles. The minimum Gasteiger partial charge on any atom is -0.494 e. The number of aryl methyl sites for hydroxylation is 2. The highest BCUT2D eigenvalue weighted by atomic mass is 16.5. The van der Waals surface area contributed by atoms with Crippen molar-refractivity contribution in [1.29, 1.82) is 0 Å². The van der Waals surface area contributed by atoms with E-state index in [4.69, 9.17) is 4.74 Å². The van der Waals surface area contributed by atoms with E-state index in [1.807, 2.05) is 45.0 Å². The second-order valence-corrected chi connectivity index (χ2v) is 8.75. The molecule has 33 heavy (non-hydrogen) atoms. The van der Waals surface area contributed by atoms with Crippen LogP contribution < -0.4 is 9.64 Å². The highest BCUT2D eigenvalue weighted by Crippen LogP contribution is 2.37. The first-order valence-corrected chi connectivity index (χ1v) is 11.9. The molecular formula is C27H33N3O3. The van der Waals surface area contributed by atoms with Crippen LogP contribution >= 0.6 is 0 Å². The Bertz CT molecular complexity index is 1080. The van der Waals surface area contributed by atoms with Crippen LogP contribution in [0.3, 0.4) is 0 Å². The van der Waals surface area contributed by atoms with Crippen LogP contribution in [0.25, 0.3) is 5.57 Å². The van der Waals surface area contributed by atoms with Crippen LogP contribution in [-0.4, -0.2) is 60.9 Å². The van der Waals surface area contributed by atoms with Gasteiger partial charge in [-0.05, 0) is 50.1 Å². The molecule has 0 bridgehead atoms. The minimum atomic E-state index is -0.271. The number of hydrogen-bond acceptors (Lipinski definition) is 5. The molecule has 0 unspecified atom stereocenters. The van der Waals surface area contributed by atoms with Crippen molar-refractivity contribution >= 4 is 23.1 Å². The van der Waals surface area contributed by atoms with E-state index in [2.05, 4.69) is 22.8 Å². The number of amides is 2. The van der Waals surface area contributed by atoms with Gasteiger partial charge in [-0.3, -0.25) is 9.59 Å². The summed E-state index contributed by atoms with van der Waals surface area (Å²) >= 11 is 0. The number of carbonyl (C=O) groups is 2. The molecule has 1 saturated heterocycles. The number of hydrogen-bond donors (Lipinski definition) is 0. The van der Waals surface area contributed by atoms with E-state index in [1.165, 1.54) is 4.90 Å². The number of rotatable bonds is 7. The van der Waals surface area contributed by atoms with Crippen molar-refractivity contribution in [2.45, 2.75) is 34.1 Å². The average molecular weight is 448 g/mol. The molecule has 0 spiro atoms. The van der Waals surface area contributed by atoms with E-state index in [9.17, 15) is 9.59 Å². The van der Waals surface area contributed by atoms with Crippen LogP contribution in [0.5, 0.6) is 5.75 Å². The Hall–Kier alpha value is -3.12. The smallest absolute Gasteiger partial charge is 0.282 e. The molecule has 1 fully saturated rings. The van der Waals surface area contributed by atoms with Gasteiger partial charge in [-0.1, -0.05) is 43.7 Å². The predicted octanol–water partition coefficient (Wildman–Crippen LogP) is 4.01. The molecule has 0 N–H and O–H groups in total. The highest BCUT2D eigenvalue weighted by molar-refractivity contribution is 6.45. The van der Waals surface area contributed by atoms with Crippen LogP contribution in [0.2, 0.25) is 0 Å². The summed E-state index contributed by atoms with van der Waals surface area (Å²) in [5.74, 6) is 0.133. The maximum Gasteiger partial charge on any atom is 0.282 e. The Labute approximate surface area is 196 Å². The Balaban J connectivity index is 1.76. The van der Waals surface area contributed by atoms with Crippen LogP contribution in [-0.2, 0) is 9.59 Å². The third kappa shape index (κ3) is 4.53. The topological polar surface area (TPSA) is 53.1 Å². The predicted molar refractivity (Wildman–Crippen MR) is 131 cm³/mol. The van der Waals surface area contributed by atoms with E-state index in [1.54, 1.807) is 12.1 Å². The summed E-state index contributed by atoms with van der Waals surface area (Å²) in [6.07, 6.45) is 0.887. The lowest BCUT2D eigenvalue weighted by Gasteiger charge is -2.36. The standard InChI is InChI=1S/C27H33N3O3/c1-5-16-33-22-9-7-8-21(18-22)30-26(31)24(23-11-10-19(3)17-20(23)4)25(27(30)32)29-14-12-28(6-2)13-15-29/h7-11,17-18H,5-6,12-16H2,1-4H3. The molecule has 2 aromatic rings. The van der Waals surface area contributed by atoms with Crippen LogP contribution in [0.1, 0.15) is 37.0 Å². The van der Waals surface area contributed by atoms with Crippen molar-refractivity contribution in [1.82, 2.24) is 9.80 Å².